The topological polar surface area (TPSA) is 58.6 Å². The van der Waals surface area contributed by atoms with Gasteiger partial charge in [-0.1, -0.05) is 17.7 Å². The van der Waals surface area contributed by atoms with Gasteiger partial charge in [0.15, 0.2) is 0 Å². The molecule has 0 spiro atoms. The van der Waals surface area contributed by atoms with Crippen molar-refractivity contribution in [2.75, 3.05) is 12.4 Å². The maximum absolute atomic E-state index is 12.0. The molecule has 0 radical (unpaired) electrons. The van der Waals surface area contributed by atoms with Crippen LogP contribution in [0.4, 0.5) is 5.69 Å². The van der Waals surface area contributed by atoms with Gasteiger partial charge in [-0.05, 0) is 30.3 Å². The Morgan fingerprint density at radius 1 is 1.26 bits per heavy atom. The maximum atomic E-state index is 12.0. The van der Waals surface area contributed by atoms with E-state index in [0.29, 0.717) is 16.5 Å². The predicted octanol–water partition coefficient (Wildman–Crippen LogP) is 3.31. The van der Waals surface area contributed by atoms with Crippen LogP contribution in [0.1, 0.15) is 10.4 Å². The molecule has 0 fully saturated rings. The highest BCUT2D eigenvalue weighted by atomic mass is 35.5. The molecule has 19 heavy (non-hydrogen) atoms. The van der Waals surface area contributed by atoms with Gasteiger partial charge in [0.25, 0.3) is 5.91 Å². The van der Waals surface area contributed by atoms with E-state index in [0.717, 1.165) is 0 Å². The number of nitrogens with one attached hydrogen (secondary N) is 1. The zero-order valence-corrected chi connectivity index (χ0v) is 10.9. The molecule has 0 saturated heterocycles. The van der Waals surface area contributed by atoms with Crippen molar-refractivity contribution in [2.24, 2.45) is 0 Å². The highest BCUT2D eigenvalue weighted by Gasteiger charge is 2.12. The van der Waals surface area contributed by atoms with Crippen LogP contribution < -0.4 is 10.1 Å². The Morgan fingerprint density at radius 2 is 2.05 bits per heavy atom. The normalized spacial score (nSPS) is 10.0. The molecule has 0 aliphatic rings. The first-order chi connectivity index (χ1) is 9.10. The fraction of sp³-hybridized carbons (Fsp3) is 0.0714. The molecule has 2 aromatic carbocycles. The summed E-state index contributed by atoms with van der Waals surface area (Å²) in [6, 6.07) is 11.2. The van der Waals surface area contributed by atoms with Crippen LogP contribution in [0.5, 0.6) is 11.5 Å². The molecule has 0 bridgehead atoms. The third-order valence-electron chi connectivity index (χ3n) is 2.53. The van der Waals surface area contributed by atoms with Gasteiger partial charge in [0.1, 0.15) is 11.5 Å². The largest absolute Gasteiger partial charge is 0.507 e. The van der Waals surface area contributed by atoms with Crippen molar-refractivity contribution in [3.05, 3.63) is 53.1 Å². The van der Waals surface area contributed by atoms with Gasteiger partial charge < -0.3 is 15.2 Å². The van der Waals surface area contributed by atoms with Crippen molar-refractivity contribution in [1.29, 1.82) is 0 Å². The van der Waals surface area contributed by atoms with Crippen molar-refractivity contribution < 1.29 is 14.6 Å². The number of amides is 1. The first-order valence-electron chi connectivity index (χ1n) is 5.54. The minimum Gasteiger partial charge on any atom is -0.507 e. The summed E-state index contributed by atoms with van der Waals surface area (Å²) < 4.78 is 5.06. The van der Waals surface area contributed by atoms with E-state index in [4.69, 9.17) is 16.3 Å². The molecule has 98 valence electrons. The first-order valence-corrected chi connectivity index (χ1v) is 5.92. The van der Waals surface area contributed by atoms with E-state index in [1.807, 2.05) is 0 Å². The van der Waals surface area contributed by atoms with Gasteiger partial charge >= 0.3 is 0 Å². The summed E-state index contributed by atoms with van der Waals surface area (Å²) in [5.41, 5.74) is 0.694. The van der Waals surface area contributed by atoms with Gasteiger partial charge in [-0.2, -0.15) is 0 Å². The fourth-order valence-electron chi connectivity index (χ4n) is 1.59. The molecule has 0 aliphatic heterocycles. The molecule has 0 saturated carbocycles. The molecule has 5 heteroatoms. The molecule has 4 nitrogen and oxygen atoms in total. The number of hydrogen-bond acceptors (Lipinski definition) is 3. The number of carbonyl (C=O) groups excluding carboxylic acids is 1. The van der Waals surface area contributed by atoms with E-state index in [-0.39, 0.29) is 11.3 Å². The molecule has 0 aromatic heterocycles. The van der Waals surface area contributed by atoms with E-state index in [2.05, 4.69) is 5.32 Å². The van der Waals surface area contributed by atoms with E-state index in [1.165, 1.54) is 18.2 Å². The van der Waals surface area contributed by atoms with Crippen LogP contribution in [0.2, 0.25) is 5.02 Å². The van der Waals surface area contributed by atoms with Crippen LogP contribution in [0, 0.1) is 0 Å². The fourth-order valence-corrected chi connectivity index (χ4v) is 1.76. The Hall–Kier alpha value is -2.20. The second kappa shape index (κ2) is 5.63. The van der Waals surface area contributed by atoms with E-state index < -0.39 is 5.91 Å². The molecular formula is C14H12ClNO3. The van der Waals surface area contributed by atoms with Crippen molar-refractivity contribution in [3.8, 4) is 11.5 Å². The minimum absolute atomic E-state index is 0.121. The molecule has 0 unspecified atom stereocenters. The number of aromatic hydroxyl groups is 1. The van der Waals surface area contributed by atoms with E-state index in [1.54, 1.807) is 31.4 Å². The smallest absolute Gasteiger partial charge is 0.259 e. The van der Waals surface area contributed by atoms with Crippen LogP contribution in [0.15, 0.2) is 42.5 Å². The quantitative estimate of drug-likeness (QED) is 0.905. The summed E-state index contributed by atoms with van der Waals surface area (Å²) in [6.45, 7) is 0. The van der Waals surface area contributed by atoms with E-state index >= 15 is 0 Å². The van der Waals surface area contributed by atoms with Crippen molar-refractivity contribution >= 4 is 23.2 Å². The molecule has 1 amide bonds. The number of ether oxygens (including phenoxy) is 1. The first kappa shape index (κ1) is 13.2. The summed E-state index contributed by atoms with van der Waals surface area (Å²) in [4.78, 5) is 12.0. The lowest BCUT2D eigenvalue weighted by Crippen LogP contribution is -2.12. The number of methoxy groups -OCH3 is 1. The van der Waals surface area contributed by atoms with Gasteiger partial charge in [-0.15, -0.1) is 0 Å². The van der Waals surface area contributed by atoms with Crippen molar-refractivity contribution in [3.63, 3.8) is 0 Å². The Balaban J connectivity index is 2.23. The summed E-state index contributed by atoms with van der Waals surface area (Å²) in [5.74, 6) is 0.0752. The Bertz CT molecular complexity index is 613. The zero-order chi connectivity index (χ0) is 13.8. The molecule has 2 rings (SSSR count). The van der Waals surface area contributed by atoms with Gasteiger partial charge in [0, 0.05) is 16.8 Å². The monoisotopic (exact) mass is 277 g/mol. The summed E-state index contributed by atoms with van der Waals surface area (Å²) >= 11 is 5.80. The lowest BCUT2D eigenvalue weighted by atomic mass is 10.2. The van der Waals surface area contributed by atoms with Crippen LogP contribution in [-0.2, 0) is 0 Å². The molecule has 2 aromatic rings. The van der Waals surface area contributed by atoms with Crippen LogP contribution in [-0.4, -0.2) is 18.1 Å². The number of halogens is 1. The molecule has 2 N–H and O–H groups in total. The molecule has 0 aliphatic carbocycles. The standard InChI is InChI=1S/C14H12ClNO3/c1-19-11-4-2-3-10(8-11)16-14(18)12-7-9(15)5-6-13(12)17/h2-8,17H,1H3,(H,16,18). The number of phenols is 1. The highest BCUT2D eigenvalue weighted by Crippen LogP contribution is 2.23. The summed E-state index contributed by atoms with van der Waals surface area (Å²) in [5, 5.41) is 12.7. The SMILES string of the molecule is COc1cccc(NC(=O)c2cc(Cl)ccc2O)c1. The lowest BCUT2D eigenvalue weighted by molar-refractivity contribution is 0.102. The number of phenolic OH excluding ortho intramolecular Hbond substituents is 1. The average molecular weight is 278 g/mol. The highest BCUT2D eigenvalue weighted by molar-refractivity contribution is 6.31. The summed E-state index contributed by atoms with van der Waals surface area (Å²) in [7, 11) is 1.55. The van der Waals surface area contributed by atoms with Gasteiger partial charge in [0.2, 0.25) is 0 Å². The van der Waals surface area contributed by atoms with Gasteiger partial charge in [0.05, 0.1) is 12.7 Å². The number of benzene rings is 2. The van der Waals surface area contributed by atoms with Crippen LogP contribution in [0.25, 0.3) is 0 Å². The van der Waals surface area contributed by atoms with Crippen LogP contribution >= 0.6 is 11.6 Å². The van der Waals surface area contributed by atoms with Crippen LogP contribution in [0.3, 0.4) is 0 Å². The lowest BCUT2D eigenvalue weighted by Gasteiger charge is -2.08. The Kier molecular flexibility index (Phi) is 3.92. The second-order valence-electron chi connectivity index (χ2n) is 3.85. The molecule has 0 heterocycles. The number of hydrogen-bond donors (Lipinski definition) is 2. The Morgan fingerprint density at radius 3 is 2.79 bits per heavy atom. The van der Waals surface area contributed by atoms with Gasteiger partial charge in [-0.25, -0.2) is 0 Å². The molecular weight excluding hydrogens is 266 g/mol. The predicted molar refractivity (Wildman–Crippen MR) is 74.1 cm³/mol. The van der Waals surface area contributed by atoms with Crippen molar-refractivity contribution in [2.45, 2.75) is 0 Å². The zero-order valence-electron chi connectivity index (χ0n) is 10.2. The maximum Gasteiger partial charge on any atom is 0.259 e. The number of carbonyl (C=O) groups is 1. The van der Waals surface area contributed by atoms with E-state index in [9.17, 15) is 9.90 Å². The summed E-state index contributed by atoms with van der Waals surface area (Å²) in [6.07, 6.45) is 0. The average Bonchev–Trinajstić information content (AvgIpc) is 2.41. The third kappa shape index (κ3) is 3.17. The molecule has 0 atom stereocenters. The number of rotatable bonds is 3. The van der Waals surface area contributed by atoms with Crippen molar-refractivity contribution in [1.82, 2.24) is 0 Å². The Labute approximate surface area is 115 Å². The van der Waals surface area contributed by atoms with Gasteiger partial charge in [-0.3, -0.25) is 4.79 Å². The third-order valence-corrected chi connectivity index (χ3v) is 2.77. The number of anilines is 1. The second-order valence-corrected chi connectivity index (χ2v) is 4.28. The minimum atomic E-state index is -0.437.